The molecule has 0 N–H and O–H groups in total. The number of aryl methyl sites for hydroxylation is 1. The molecular weight excluding hydrogens is 302 g/mol. The fourth-order valence-corrected chi connectivity index (χ4v) is 3.73. The molecule has 1 fully saturated rings. The van der Waals surface area contributed by atoms with E-state index in [0.29, 0.717) is 5.92 Å². The Morgan fingerprint density at radius 1 is 1.33 bits per heavy atom. The summed E-state index contributed by atoms with van der Waals surface area (Å²) >= 11 is 0. The molecule has 1 atom stereocenters. The van der Waals surface area contributed by atoms with Crippen molar-refractivity contribution >= 4 is 0 Å². The van der Waals surface area contributed by atoms with E-state index in [-0.39, 0.29) is 0 Å². The number of furan rings is 1. The van der Waals surface area contributed by atoms with E-state index >= 15 is 0 Å². The molecule has 24 heavy (non-hydrogen) atoms. The van der Waals surface area contributed by atoms with Gasteiger partial charge in [0.05, 0.1) is 25.2 Å². The normalized spacial score (nSPS) is 21.2. The third-order valence-electron chi connectivity index (χ3n) is 5.05. The van der Waals surface area contributed by atoms with Crippen molar-refractivity contribution in [2.24, 2.45) is 5.92 Å². The van der Waals surface area contributed by atoms with Crippen LogP contribution in [0.4, 0.5) is 0 Å². The van der Waals surface area contributed by atoms with Crippen molar-refractivity contribution in [2.75, 3.05) is 19.8 Å². The van der Waals surface area contributed by atoms with Crippen LogP contribution in [0.5, 0.6) is 0 Å². The van der Waals surface area contributed by atoms with Crippen molar-refractivity contribution < 1.29 is 9.15 Å². The highest BCUT2D eigenvalue weighted by molar-refractivity contribution is 5.23. The molecule has 0 radical (unpaired) electrons. The molecule has 2 aliphatic rings. The molecule has 0 spiro atoms. The van der Waals surface area contributed by atoms with Gasteiger partial charge in [-0.15, -0.1) is 0 Å². The van der Waals surface area contributed by atoms with E-state index in [2.05, 4.69) is 22.5 Å². The Bertz CT molecular complexity index is 687. The average Bonchev–Trinajstić information content (AvgIpc) is 3.16. The van der Waals surface area contributed by atoms with Gasteiger partial charge in [0, 0.05) is 37.9 Å². The summed E-state index contributed by atoms with van der Waals surface area (Å²) in [5.41, 5.74) is 2.62. The lowest BCUT2D eigenvalue weighted by atomic mass is 9.98. The number of nitrogens with zero attached hydrogens (tertiary/aromatic N) is 3. The summed E-state index contributed by atoms with van der Waals surface area (Å²) in [5, 5.41) is 0. The lowest BCUT2D eigenvalue weighted by Gasteiger charge is -2.32. The maximum absolute atomic E-state index is 5.79. The number of imidazole rings is 1. The van der Waals surface area contributed by atoms with Gasteiger partial charge in [0.25, 0.3) is 0 Å². The monoisotopic (exact) mass is 329 g/mol. The van der Waals surface area contributed by atoms with E-state index in [4.69, 9.17) is 14.1 Å². The van der Waals surface area contributed by atoms with Crippen LogP contribution in [0, 0.1) is 12.8 Å². The first kappa shape index (κ1) is 15.9. The second-order valence-corrected chi connectivity index (χ2v) is 7.21. The summed E-state index contributed by atoms with van der Waals surface area (Å²) < 4.78 is 13.9. The van der Waals surface area contributed by atoms with Crippen molar-refractivity contribution in [3.05, 3.63) is 41.4 Å². The molecule has 3 heterocycles. The minimum atomic E-state index is 0.394. The van der Waals surface area contributed by atoms with Gasteiger partial charge >= 0.3 is 0 Å². The van der Waals surface area contributed by atoms with Crippen LogP contribution >= 0.6 is 0 Å². The summed E-state index contributed by atoms with van der Waals surface area (Å²) in [4.78, 5) is 7.16. The van der Waals surface area contributed by atoms with E-state index in [1.54, 1.807) is 0 Å². The van der Waals surface area contributed by atoms with Crippen molar-refractivity contribution in [2.45, 2.75) is 52.2 Å². The molecule has 1 saturated carbocycles. The molecule has 0 aromatic carbocycles. The number of ether oxygens (including phenoxy) is 1. The van der Waals surface area contributed by atoms with E-state index in [9.17, 15) is 0 Å². The van der Waals surface area contributed by atoms with Crippen molar-refractivity contribution in [1.29, 1.82) is 0 Å². The minimum absolute atomic E-state index is 0.394. The van der Waals surface area contributed by atoms with Crippen LogP contribution < -0.4 is 0 Å². The lowest BCUT2D eigenvalue weighted by molar-refractivity contribution is 0.0992. The molecule has 0 unspecified atom stereocenters. The van der Waals surface area contributed by atoms with Crippen LogP contribution in [0.1, 0.15) is 48.6 Å². The second-order valence-electron chi connectivity index (χ2n) is 7.21. The van der Waals surface area contributed by atoms with Gasteiger partial charge in [0.15, 0.2) is 0 Å². The van der Waals surface area contributed by atoms with Gasteiger partial charge in [-0.05, 0) is 44.7 Å². The predicted molar refractivity (Wildman–Crippen MR) is 91.7 cm³/mol. The molecule has 5 nitrogen and oxygen atoms in total. The SMILES string of the molecule is CCOC[C@@H]1CN(Cc2ccc(C)o2)Cc2ncn(CC3CC3)c21. The molecular formula is C19H27N3O2. The van der Waals surface area contributed by atoms with Gasteiger partial charge in [-0.1, -0.05) is 0 Å². The Hall–Kier alpha value is -1.59. The largest absolute Gasteiger partial charge is 0.465 e. The Morgan fingerprint density at radius 2 is 2.21 bits per heavy atom. The van der Waals surface area contributed by atoms with Crippen molar-refractivity contribution in [1.82, 2.24) is 14.5 Å². The topological polar surface area (TPSA) is 43.4 Å². The Kier molecular flexibility index (Phi) is 4.46. The number of aromatic nitrogens is 2. The van der Waals surface area contributed by atoms with Crippen LogP contribution in [-0.4, -0.2) is 34.2 Å². The Morgan fingerprint density at radius 3 is 2.92 bits per heavy atom. The van der Waals surface area contributed by atoms with Crippen molar-refractivity contribution in [3.63, 3.8) is 0 Å². The highest BCUT2D eigenvalue weighted by Crippen LogP contribution is 2.34. The summed E-state index contributed by atoms with van der Waals surface area (Å²) in [6.45, 7) is 9.46. The summed E-state index contributed by atoms with van der Waals surface area (Å²) in [7, 11) is 0. The molecule has 4 rings (SSSR count). The Labute approximate surface area is 143 Å². The molecule has 1 aliphatic heterocycles. The third kappa shape index (κ3) is 3.42. The zero-order valence-corrected chi connectivity index (χ0v) is 14.7. The van der Waals surface area contributed by atoms with Crippen LogP contribution in [0.15, 0.2) is 22.9 Å². The van der Waals surface area contributed by atoms with Crippen LogP contribution in [0.3, 0.4) is 0 Å². The van der Waals surface area contributed by atoms with Gasteiger partial charge in [0.2, 0.25) is 0 Å². The van der Waals surface area contributed by atoms with Crippen molar-refractivity contribution in [3.8, 4) is 0 Å². The standard InChI is InChI=1S/C19H27N3O2/c1-3-23-12-16-9-21(10-17-7-4-14(2)24-17)11-18-19(16)22(13-20-18)8-15-5-6-15/h4,7,13,15-16H,3,5-6,8-12H2,1-2H3/t16-/m0/s1. The molecule has 130 valence electrons. The fraction of sp³-hybridized carbons (Fsp3) is 0.632. The maximum Gasteiger partial charge on any atom is 0.118 e. The summed E-state index contributed by atoms with van der Waals surface area (Å²) in [6.07, 6.45) is 4.78. The second kappa shape index (κ2) is 6.73. The summed E-state index contributed by atoms with van der Waals surface area (Å²) in [5.74, 6) is 3.26. The van der Waals surface area contributed by atoms with Crippen LogP contribution in [-0.2, 0) is 24.4 Å². The van der Waals surface area contributed by atoms with Crippen LogP contribution in [0.2, 0.25) is 0 Å². The molecule has 2 aromatic rings. The number of hydrogen-bond donors (Lipinski definition) is 0. The molecule has 0 bridgehead atoms. The Balaban J connectivity index is 1.53. The van der Waals surface area contributed by atoms with E-state index < -0.39 is 0 Å². The summed E-state index contributed by atoms with van der Waals surface area (Å²) in [6, 6.07) is 4.11. The van der Waals surface area contributed by atoms with Gasteiger partial charge in [-0.3, -0.25) is 4.90 Å². The molecule has 1 aliphatic carbocycles. The van der Waals surface area contributed by atoms with E-state index in [0.717, 1.165) is 56.8 Å². The average molecular weight is 329 g/mol. The minimum Gasteiger partial charge on any atom is -0.465 e. The third-order valence-corrected chi connectivity index (χ3v) is 5.05. The predicted octanol–water partition coefficient (Wildman–Crippen LogP) is 3.33. The van der Waals surface area contributed by atoms with E-state index in [1.165, 1.54) is 24.2 Å². The highest BCUT2D eigenvalue weighted by Gasteiger charge is 2.32. The first-order valence-corrected chi connectivity index (χ1v) is 9.12. The fourth-order valence-electron chi connectivity index (χ4n) is 3.73. The molecule has 0 saturated heterocycles. The van der Waals surface area contributed by atoms with Gasteiger partial charge in [-0.25, -0.2) is 4.98 Å². The zero-order valence-electron chi connectivity index (χ0n) is 14.7. The van der Waals surface area contributed by atoms with E-state index in [1.807, 2.05) is 19.3 Å². The molecule has 5 heteroatoms. The quantitative estimate of drug-likeness (QED) is 0.781. The lowest BCUT2D eigenvalue weighted by Crippen LogP contribution is -2.36. The maximum atomic E-state index is 5.79. The van der Waals surface area contributed by atoms with Crippen LogP contribution in [0.25, 0.3) is 0 Å². The first-order chi connectivity index (χ1) is 11.7. The molecule has 2 aromatic heterocycles. The number of rotatable bonds is 7. The van der Waals surface area contributed by atoms with Gasteiger partial charge < -0.3 is 13.7 Å². The van der Waals surface area contributed by atoms with Gasteiger partial charge in [0.1, 0.15) is 11.5 Å². The zero-order chi connectivity index (χ0) is 16.5. The smallest absolute Gasteiger partial charge is 0.118 e. The first-order valence-electron chi connectivity index (χ1n) is 9.12. The molecule has 0 amide bonds. The number of hydrogen-bond acceptors (Lipinski definition) is 4. The highest BCUT2D eigenvalue weighted by atomic mass is 16.5. The number of fused-ring (bicyclic) bond motifs is 1. The van der Waals surface area contributed by atoms with Gasteiger partial charge in [-0.2, -0.15) is 0 Å².